The molecule has 1 aliphatic heterocycles. The molecule has 18 heavy (non-hydrogen) atoms. The minimum atomic E-state index is -0.232. The van der Waals surface area contributed by atoms with Gasteiger partial charge in [0.1, 0.15) is 6.61 Å². The van der Waals surface area contributed by atoms with Gasteiger partial charge in [0.25, 0.3) is 0 Å². The highest BCUT2D eigenvalue weighted by Crippen LogP contribution is 2.32. The fourth-order valence-corrected chi connectivity index (χ4v) is 2.24. The maximum atomic E-state index is 11.2. The first-order valence-electron chi connectivity index (χ1n) is 6.03. The van der Waals surface area contributed by atoms with E-state index >= 15 is 0 Å². The molecule has 0 amide bonds. The number of carbonyl (C=O) groups is 1. The van der Waals surface area contributed by atoms with Crippen LogP contribution in [0.5, 0.6) is 0 Å². The van der Waals surface area contributed by atoms with E-state index in [1.54, 1.807) is 6.08 Å². The Balaban J connectivity index is 1.76. The van der Waals surface area contributed by atoms with Gasteiger partial charge in [0, 0.05) is 30.2 Å². The Morgan fingerprint density at radius 1 is 1.44 bits per heavy atom. The number of ether oxygens (including phenoxy) is 1. The average molecular weight is 257 g/mol. The summed E-state index contributed by atoms with van der Waals surface area (Å²) in [5.74, 6) is -0.232. The topological polar surface area (TPSA) is 42.4 Å². The Bertz CT molecular complexity index is 494. The van der Waals surface area contributed by atoms with Gasteiger partial charge in [-0.2, -0.15) is 0 Å². The van der Waals surface area contributed by atoms with Crippen molar-refractivity contribution in [3.8, 4) is 0 Å². The minimum absolute atomic E-state index is 0.232. The summed E-state index contributed by atoms with van der Waals surface area (Å²) in [6, 6.07) is 4.53. The molecule has 4 nitrogen and oxygen atoms in total. The van der Waals surface area contributed by atoms with Crippen molar-refractivity contribution in [1.82, 2.24) is 9.88 Å². The third-order valence-corrected chi connectivity index (χ3v) is 3.48. The molecule has 3 rings (SSSR count). The average Bonchev–Trinajstić information content (AvgIpc) is 3.11. The Hall–Kier alpha value is -1.62. The zero-order chi connectivity index (χ0) is 12.5. The van der Waals surface area contributed by atoms with E-state index in [4.69, 9.17) is 4.74 Å². The lowest BCUT2D eigenvalue weighted by molar-refractivity contribution is -0.135. The third kappa shape index (κ3) is 2.45. The highest BCUT2D eigenvalue weighted by atomic mass is 28.1. The van der Waals surface area contributed by atoms with E-state index in [2.05, 4.69) is 20.1 Å². The molecule has 0 bridgehead atoms. The molecule has 1 saturated carbocycles. The van der Waals surface area contributed by atoms with Gasteiger partial charge in [0.05, 0.1) is 15.9 Å². The number of nitrogens with zero attached hydrogens (tertiary/aromatic N) is 2. The molecular formula is C13H13N2O2Si. The summed E-state index contributed by atoms with van der Waals surface area (Å²) >= 11 is 0. The number of carbonyl (C=O) groups excluding carboxylic acids is 1. The Kier molecular flexibility index (Phi) is 2.91. The van der Waals surface area contributed by atoms with Crippen molar-refractivity contribution in [3.05, 3.63) is 35.7 Å². The predicted octanol–water partition coefficient (Wildman–Crippen LogP) is 0.280. The van der Waals surface area contributed by atoms with Crippen LogP contribution in [0, 0.1) is 0 Å². The van der Waals surface area contributed by atoms with Gasteiger partial charge in [-0.25, -0.2) is 4.79 Å². The van der Waals surface area contributed by atoms with Gasteiger partial charge in [-0.1, -0.05) is 6.07 Å². The Morgan fingerprint density at radius 2 is 2.28 bits per heavy atom. The maximum absolute atomic E-state index is 11.2. The van der Waals surface area contributed by atoms with Crippen molar-refractivity contribution in [3.63, 3.8) is 0 Å². The monoisotopic (exact) mass is 257 g/mol. The van der Waals surface area contributed by atoms with Gasteiger partial charge in [0.15, 0.2) is 0 Å². The number of hydrogen-bond donors (Lipinski definition) is 0. The zero-order valence-corrected chi connectivity index (χ0v) is 10.9. The van der Waals surface area contributed by atoms with E-state index in [-0.39, 0.29) is 5.97 Å². The van der Waals surface area contributed by atoms with Crippen LogP contribution in [0.3, 0.4) is 0 Å². The SMILES string of the molecule is O=C1C=C(N(Cc2ccc([Si])nc2)C2CC2)CO1. The molecule has 1 aromatic heterocycles. The fourth-order valence-electron chi connectivity index (χ4n) is 2.10. The van der Waals surface area contributed by atoms with Gasteiger partial charge in [0.2, 0.25) is 0 Å². The van der Waals surface area contributed by atoms with Crippen molar-refractivity contribution in [1.29, 1.82) is 0 Å². The highest BCUT2D eigenvalue weighted by Gasteiger charge is 2.32. The smallest absolute Gasteiger partial charge is 0.333 e. The molecule has 0 N–H and O–H groups in total. The molecule has 2 aliphatic rings. The molecule has 0 atom stereocenters. The number of rotatable bonds is 4. The van der Waals surface area contributed by atoms with E-state index in [0.29, 0.717) is 12.6 Å². The molecule has 0 saturated heterocycles. The standard InChI is InChI=1S/C13H13N2O2Si/c16-13-5-11(8-17-13)15(10-2-3-10)7-9-1-4-12(18)14-6-9/h1,4-6,10H,2-3,7-8H2. The molecule has 5 heteroatoms. The summed E-state index contributed by atoms with van der Waals surface area (Å²) in [4.78, 5) is 17.6. The highest BCUT2D eigenvalue weighted by molar-refractivity contribution is 6.30. The maximum Gasteiger partial charge on any atom is 0.333 e. The molecule has 1 aromatic rings. The second kappa shape index (κ2) is 4.57. The second-order valence-corrected chi connectivity index (χ2v) is 5.17. The number of cyclic esters (lactones) is 1. The summed E-state index contributed by atoms with van der Waals surface area (Å²) in [7, 11) is 3.38. The van der Waals surface area contributed by atoms with Crippen molar-refractivity contribution in [2.45, 2.75) is 25.4 Å². The van der Waals surface area contributed by atoms with Gasteiger partial charge in [-0.05, 0) is 24.5 Å². The zero-order valence-electron chi connectivity index (χ0n) is 9.93. The van der Waals surface area contributed by atoms with Crippen LogP contribution in [-0.2, 0) is 16.1 Å². The number of aromatic nitrogens is 1. The minimum Gasteiger partial charge on any atom is -0.456 e. The first-order chi connectivity index (χ1) is 8.72. The number of esters is 1. The van der Waals surface area contributed by atoms with E-state index < -0.39 is 0 Å². The molecule has 1 aliphatic carbocycles. The van der Waals surface area contributed by atoms with Crippen LogP contribution in [-0.4, -0.2) is 38.7 Å². The van der Waals surface area contributed by atoms with E-state index in [1.807, 2.05) is 18.3 Å². The van der Waals surface area contributed by atoms with Gasteiger partial charge in [-0.15, -0.1) is 0 Å². The van der Waals surface area contributed by atoms with Crippen molar-refractivity contribution in [2.24, 2.45) is 0 Å². The van der Waals surface area contributed by atoms with E-state index in [0.717, 1.165) is 23.1 Å². The van der Waals surface area contributed by atoms with Crippen LogP contribution in [0.15, 0.2) is 30.1 Å². The summed E-state index contributed by atoms with van der Waals surface area (Å²) in [5, 5.41) is 0.829. The van der Waals surface area contributed by atoms with Crippen LogP contribution in [0.2, 0.25) is 0 Å². The van der Waals surface area contributed by atoms with Gasteiger partial charge < -0.3 is 9.64 Å². The van der Waals surface area contributed by atoms with Crippen LogP contribution in [0.1, 0.15) is 18.4 Å². The second-order valence-electron chi connectivity index (χ2n) is 4.65. The van der Waals surface area contributed by atoms with Crippen LogP contribution in [0.4, 0.5) is 0 Å². The summed E-state index contributed by atoms with van der Waals surface area (Å²) in [6.07, 6.45) is 5.84. The lowest BCUT2D eigenvalue weighted by atomic mass is 10.2. The Morgan fingerprint density at radius 3 is 2.83 bits per heavy atom. The molecule has 1 fully saturated rings. The van der Waals surface area contributed by atoms with Crippen molar-refractivity contribution in [2.75, 3.05) is 6.61 Å². The summed E-state index contributed by atoms with van der Waals surface area (Å²) in [6.45, 7) is 1.19. The molecule has 2 heterocycles. The predicted molar refractivity (Wildman–Crippen MR) is 67.2 cm³/mol. The first-order valence-corrected chi connectivity index (χ1v) is 6.53. The quantitative estimate of drug-likeness (QED) is 0.574. The van der Waals surface area contributed by atoms with Crippen LogP contribution in [0.25, 0.3) is 0 Å². The lowest BCUT2D eigenvalue weighted by Gasteiger charge is -2.24. The number of hydrogen-bond acceptors (Lipinski definition) is 4. The largest absolute Gasteiger partial charge is 0.456 e. The van der Waals surface area contributed by atoms with Gasteiger partial charge in [-0.3, -0.25) is 4.98 Å². The molecule has 0 aromatic carbocycles. The molecular weight excluding hydrogens is 244 g/mol. The Labute approximate surface area is 109 Å². The molecule has 91 valence electrons. The molecule has 0 unspecified atom stereocenters. The summed E-state index contributed by atoms with van der Waals surface area (Å²) < 4.78 is 4.98. The summed E-state index contributed by atoms with van der Waals surface area (Å²) in [5.41, 5.74) is 2.13. The fraction of sp³-hybridized carbons (Fsp3) is 0.385. The van der Waals surface area contributed by atoms with Crippen molar-refractivity contribution < 1.29 is 9.53 Å². The third-order valence-electron chi connectivity index (χ3n) is 3.18. The van der Waals surface area contributed by atoms with Gasteiger partial charge >= 0.3 is 5.97 Å². The molecule has 3 radical (unpaired) electrons. The lowest BCUT2D eigenvalue weighted by Crippen LogP contribution is -2.26. The van der Waals surface area contributed by atoms with Crippen molar-refractivity contribution >= 4 is 21.5 Å². The van der Waals surface area contributed by atoms with Crippen LogP contribution < -0.4 is 5.32 Å². The van der Waals surface area contributed by atoms with E-state index in [9.17, 15) is 4.79 Å². The molecule has 0 spiro atoms. The number of pyridine rings is 1. The first kappa shape index (κ1) is 11.5. The van der Waals surface area contributed by atoms with E-state index in [1.165, 1.54) is 12.8 Å². The normalized spacial score (nSPS) is 18.5. The van der Waals surface area contributed by atoms with Crippen LogP contribution >= 0.6 is 0 Å².